The molecule has 20 heavy (non-hydrogen) atoms. The van der Waals surface area contributed by atoms with Gasteiger partial charge in [0.25, 0.3) is 0 Å². The molecule has 2 aromatic carbocycles. The van der Waals surface area contributed by atoms with Gasteiger partial charge in [-0.05, 0) is 35.9 Å². The Kier molecular flexibility index (Phi) is 4.70. The van der Waals surface area contributed by atoms with E-state index in [4.69, 9.17) is 21.5 Å². The number of hydrogen-bond acceptors (Lipinski definition) is 3. The van der Waals surface area contributed by atoms with Crippen molar-refractivity contribution >= 4 is 37.6 Å². The van der Waals surface area contributed by atoms with Gasteiger partial charge in [-0.25, -0.2) is 13.6 Å². The first-order valence-electron chi connectivity index (χ1n) is 5.56. The van der Waals surface area contributed by atoms with Gasteiger partial charge in [-0.3, -0.25) is 0 Å². The minimum Gasteiger partial charge on any atom is -0.487 e. The molecular formula is C13H11BrClNO3S. The third-order valence-electron chi connectivity index (χ3n) is 2.52. The Morgan fingerprint density at radius 1 is 1.15 bits per heavy atom. The van der Waals surface area contributed by atoms with Crippen molar-refractivity contribution in [2.75, 3.05) is 0 Å². The molecule has 0 aromatic heterocycles. The fourth-order valence-electron chi connectivity index (χ4n) is 1.57. The van der Waals surface area contributed by atoms with E-state index in [0.717, 1.165) is 10.0 Å². The van der Waals surface area contributed by atoms with Gasteiger partial charge in [0.15, 0.2) is 0 Å². The number of ether oxygens (including phenoxy) is 1. The van der Waals surface area contributed by atoms with Crippen molar-refractivity contribution in [1.29, 1.82) is 0 Å². The van der Waals surface area contributed by atoms with Crippen LogP contribution in [0.4, 0.5) is 0 Å². The molecule has 0 bridgehead atoms. The SMILES string of the molecule is NS(=O)(=O)c1cc(Cl)ccc1OCc1ccc(Br)cc1. The zero-order valence-electron chi connectivity index (χ0n) is 10.2. The van der Waals surface area contributed by atoms with Gasteiger partial charge in [0.05, 0.1) is 0 Å². The lowest BCUT2D eigenvalue weighted by atomic mass is 10.2. The lowest BCUT2D eigenvalue weighted by molar-refractivity contribution is 0.298. The summed E-state index contributed by atoms with van der Waals surface area (Å²) in [6.07, 6.45) is 0. The zero-order valence-corrected chi connectivity index (χ0v) is 13.4. The Labute approximate surface area is 130 Å². The predicted octanol–water partition coefficient (Wildman–Crippen LogP) is 3.33. The van der Waals surface area contributed by atoms with Gasteiger partial charge in [-0.15, -0.1) is 0 Å². The van der Waals surface area contributed by atoms with Gasteiger partial charge in [0.2, 0.25) is 10.0 Å². The Balaban J connectivity index is 2.23. The fourth-order valence-corrected chi connectivity index (χ4v) is 2.76. The van der Waals surface area contributed by atoms with Crippen LogP contribution in [-0.2, 0) is 16.6 Å². The average molecular weight is 377 g/mol. The molecule has 2 rings (SSSR count). The summed E-state index contributed by atoms with van der Waals surface area (Å²) < 4.78 is 29.5. The van der Waals surface area contributed by atoms with E-state index in [0.29, 0.717) is 0 Å². The van der Waals surface area contributed by atoms with Crippen LogP contribution in [0.2, 0.25) is 5.02 Å². The van der Waals surface area contributed by atoms with Gasteiger partial charge in [-0.1, -0.05) is 39.7 Å². The largest absolute Gasteiger partial charge is 0.487 e. The lowest BCUT2D eigenvalue weighted by Crippen LogP contribution is -2.14. The molecule has 2 N–H and O–H groups in total. The van der Waals surface area contributed by atoms with Gasteiger partial charge in [0.1, 0.15) is 17.3 Å². The van der Waals surface area contributed by atoms with E-state index in [9.17, 15) is 8.42 Å². The van der Waals surface area contributed by atoms with E-state index < -0.39 is 10.0 Å². The van der Waals surface area contributed by atoms with Crippen LogP contribution in [0.5, 0.6) is 5.75 Å². The van der Waals surface area contributed by atoms with Gasteiger partial charge < -0.3 is 4.74 Å². The van der Waals surface area contributed by atoms with E-state index in [1.54, 1.807) is 6.07 Å². The minimum absolute atomic E-state index is 0.123. The molecule has 0 spiro atoms. The minimum atomic E-state index is -3.88. The molecule has 0 aliphatic heterocycles. The highest BCUT2D eigenvalue weighted by Crippen LogP contribution is 2.27. The highest BCUT2D eigenvalue weighted by molar-refractivity contribution is 9.10. The van der Waals surface area contributed by atoms with Crippen molar-refractivity contribution in [2.24, 2.45) is 5.14 Å². The van der Waals surface area contributed by atoms with Crippen LogP contribution in [0.15, 0.2) is 51.8 Å². The average Bonchev–Trinajstić information content (AvgIpc) is 2.38. The number of halogens is 2. The Bertz CT molecular complexity index is 717. The molecule has 0 atom stereocenters. The second-order valence-electron chi connectivity index (χ2n) is 4.05. The van der Waals surface area contributed by atoms with Crippen molar-refractivity contribution in [2.45, 2.75) is 11.5 Å². The molecule has 0 saturated carbocycles. The molecule has 106 valence electrons. The predicted molar refractivity (Wildman–Crippen MR) is 81.3 cm³/mol. The molecule has 0 heterocycles. The summed E-state index contributed by atoms with van der Waals surface area (Å²) in [5.41, 5.74) is 0.906. The fraction of sp³-hybridized carbons (Fsp3) is 0.0769. The van der Waals surface area contributed by atoms with Crippen LogP contribution in [-0.4, -0.2) is 8.42 Å². The Morgan fingerprint density at radius 3 is 2.40 bits per heavy atom. The first-order chi connectivity index (χ1) is 9.36. The Hall–Kier alpha value is -1.08. The van der Waals surface area contributed by atoms with Gasteiger partial charge >= 0.3 is 0 Å². The monoisotopic (exact) mass is 375 g/mol. The van der Waals surface area contributed by atoms with Gasteiger partial charge in [0, 0.05) is 9.50 Å². The number of nitrogens with two attached hydrogens (primary N) is 1. The number of rotatable bonds is 4. The summed E-state index contributed by atoms with van der Waals surface area (Å²) in [5.74, 6) is 0.180. The maximum Gasteiger partial charge on any atom is 0.241 e. The van der Waals surface area contributed by atoms with Crippen LogP contribution < -0.4 is 9.88 Å². The number of hydrogen-bond donors (Lipinski definition) is 1. The number of sulfonamides is 1. The number of benzene rings is 2. The summed E-state index contributed by atoms with van der Waals surface area (Å²) in [6.45, 7) is 0.234. The van der Waals surface area contributed by atoms with E-state index in [-0.39, 0.29) is 22.3 Å². The van der Waals surface area contributed by atoms with Crippen molar-refractivity contribution in [3.05, 3.63) is 57.5 Å². The molecule has 4 nitrogen and oxygen atoms in total. The lowest BCUT2D eigenvalue weighted by Gasteiger charge is -2.10. The molecule has 0 amide bonds. The van der Waals surface area contributed by atoms with Crippen LogP contribution in [0, 0.1) is 0 Å². The van der Waals surface area contributed by atoms with Crippen LogP contribution in [0.3, 0.4) is 0 Å². The molecule has 2 aromatic rings. The first kappa shape index (κ1) is 15.3. The van der Waals surface area contributed by atoms with Crippen molar-refractivity contribution < 1.29 is 13.2 Å². The first-order valence-corrected chi connectivity index (χ1v) is 8.27. The summed E-state index contributed by atoms with van der Waals surface area (Å²) >= 11 is 9.11. The second kappa shape index (κ2) is 6.13. The highest BCUT2D eigenvalue weighted by atomic mass is 79.9. The summed E-state index contributed by atoms with van der Waals surface area (Å²) in [7, 11) is -3.88. The van der Waals surface area contributed by atoms with Gasteiger partial charge in [-0.2, -0.15) is 0 Å². The second-order valence-corrected chi connectivity index (χ2v) is 6.93. The van der Waals surface area contributed by atoms with Crippen LogP contribution in [0.25, 0.3) is 0 Å². The molecule has 0 fully saturated rings. The summed E-state index contributed by atoms with van der Waals surface area (Å²) in [5, 5.41) is 5.43. The van der Waals surface area contributed by atoms with E-state index in [2.05, 4.69) is 15.9 Å². The van der Waals surface area contributed by atoms with Crippen molar-refractivity contribution in [1.82, 2.24) is 0 Å². The van der Waals surface area contributed by atoms with Crippen molar-refractivity contribution in [3.63, 3.8) is 0 Å². The summed E-state index contributed by atoms with van der Waals surface area (Å²) in [6, 6.07) is 11.8. The number of primary sulfonamides is 1. The summed E-state index contributed by atoms with van der Waals surface area (Å²) in [4.78, 5) is -0.123. The molecule has 7 heteroatoms. The van der Waals surface area contributed by atoms with Crippen LogP contribution in [0.1, 0.15) is 5.56 Å². The Morgan fingerprint density at radius 2 is 1.80 bits per heavy atom. The zero-order chi connectivity index (χ0) is 14.8. The maximum absolute atomic E-state index is 11.5. The third-order valence-corrected chi connectivity index (χ3v) is 4.22. The molecule has 0 aliphatic carbocycles. The van der Waals surface area contributed by atoms with E-state index in [1.807, 2.05) is 24.3 Å². The molecular weight excluding hydrogens is 366 g/mol. The molecule has 0 saturated heterocycles. The molecule has 0 aliphatic rings. The molecule has 0 radical (unpaired) electrons. The standard InChI is InChI=1S/C13H11BrClNO3S/c14-10-3-1-9(2-4-10)8-19-12-6-5-11(15)7-13(12)20(16,17)18/h1-7H,8H2,(H2,16,17,18). The van der Waals surface area contributed by atoms with Crippen LogP contribution >= 0.6 is 27.5 Å². The van der Waals surface area contributed by atoms with E-state index >= 15 is 0 Å². The third kappa shape index (κ3) is 3.96. The smallest absolute Gasteiger partial charge is 0.241 e. The maximum atomic E-state index is 11.5. The van der Waals surface area contributed by atoms with Crippen molar-refractivity contribution in [3.8, 4) is 5.75 Å². The highest BCUT2D eigenvalue weighted by Gasteiger charge is 2.16. The normalized spacial score (nSPS) is 11.3. The quantitative estimate of drug-likeness (QED) is 0.890. The molecule has 0 unspecified atom stereocenters. The van der Waals surface area contributed by atoms with E-state index in [1.165, 1.54) is 12.1 Å². The topological polar surface area (TPSA) is 69.4 Å².